The Morgan fingerprint density at radius 2 is 0.952 bits per heavy atom. The number of hydrogen-bond donors (Lipinski definition) is 0. The van der Waals surface area contributed by atoms with Gasteiger partial charge in [-0.25, -0.2) is 0 Å². The second kappa shape index (κ2) is 6.73. The first kappa shape index (κ1) is 14.8. The van der Waals surface area contributed by atoms with Gasteiger partial charge in [0.2, 0.25) is 0 Å². The Morgan fingerprint density at radius 1 is 0.571 bits per heavy atom. The lowest BCUT2D eigenvalue weighted by atomic mass is 10.4. The van der Waals surface area contributed by atoms with E-state index >= 15 is 0 Å². The molecule has 3 rings (SSSR count). The number of benzene rings is 3. The monoisotopic (exact) mass is 374 g/mol. The molecule has 0 aliphatic rings. The number of hydrogen-bond acceptors (Lipinski definition) is 1. The maximum atomic E-state index is 4.08. The van der Waals surface area contributed by atoms with Gasteiger partial charge >= 0.3 is 0 Å². The van der Waals surface area contributed by atoms with Gasteiger partial charge in [-0.05, 0) is 51.2 Å². The van der Waals surface area contributed by atoms with Crippen LogP contribution in [0.1, 0.15) is 0 Å². The van der Waals surface area contributed by atoms with E-state index in [1.807, 2.05) is 10.8 Å². The Labute approximate surface area is 138 Å². The molecule has 0 atom stereocenters. The van der Waals surface area contributed by atoms with E-state index in [0.29, 0.717) is 0 Å². The molecule has 3 aromatic carbocycles. The molecule has 0 heterocycles. The summed E-state index contributed by atoms with van der Waals surface area (Å²) in [5.74, 6) is 0. The van der Waals surface area contributed by atoms with Gasteiger partial charge in [0.15, 0.2) is 0 Å². The molecule has 0 fully saturated rings. The highest BCUT2D eigenvalue weighted by Gasteiger charge is 2.27. The molecule has 0 saturated heterocycles. The van der Waals surface area contributed by atoms with Crippen molar-refractivity contribution in [1.82, 2.24) is 0 Å². The zero-order chi connectivity index (χ0) is 14.5. The van der Waals surface area contributed by atoms with Crippen LogP contribution in [0.15, 0.2) is 106 Å². The van der Waals surface area contributed by atoms with Crippen molar-refractivity contribution in [3.05, 3.63) is 91.0 Å². The fourth-order valence-electron chi connectivity index (χ4n) is 2.03. The van der Waals surface area contributed by atoms with E-state index in [2.05, 4.69) is 106 Å². The minimum Gasteiger partial charge on any atom is -0.0745 e. The highest BCUT2D eigenvalue weighted by atomic mass is 79.9. The van der Waals surface area contributed by atoms with E-state index in [1.165, 1.54) is 14.7 Å². The fourth-order valence-corrected chi connectivity index (χ4v) is 9.09. The van der Waals surface area contributed by atoms with E-state index in [1.54, 1.807) is 0 Å². The second-order valence-corrected chi connectivity index (χ2v) is 13.3. The van der Waals surface area contributed by atoms with Gasteiger partial charge in [-0.3, -0.25) is 0 Å². The first-order valence-corrected chi connectivity index (χ1v) is 11.5. The minimum absolute atomic E-state index is 1.28. The van der Waals surface area contributed by atoms with Crippen LogP contribution in [-0.2, 0) is 0 Å². The Balaban J connectivity index is 2.07. The topological polar surface area (TPSA) is 0 Å². The molecular formula is C18H15BrS2. The summed E-state index contributed by atoms with van der Waals surface area (Å²) < 4.78 is 0. The van der Waals surface area contributed by atoms with E-state index < -0.39 is 7.49 Å². The predicted molar refractivity (Wildman–Crippen MR) is 98.2 cm³/mol. The van der Waals surface area contributed by atoms with Crippen LogP contribution in [0.3, 0.4) is 0 Å². The van der Waals surface area contributed by atoms with Gasteiger partial charge in [-0.15, -0.1) is 0 Å². The summed E-state index contributed by atoms with van der Waals surface area (Å²) in [7, 11) is 0.577. The van der Waals surface area contributed by atoms with E-state index in [9.17, 15) is 0 Å². The lowest BCUT2D eigenvalue weighted by molar-refractivity contribution is 1.40. The van der Waals surface area contributed by atoms with E-state index in [4.69, 9.17) is 0 Å². The van der Waals surface area contributed by atoms with Crippen LogP contribution in [0.2, 0.25) is 0 Å². The molecule has 0 aromatic heterocycles. The van der Waals surface area contributed by atoms with E-state index in [-0.39, 0.29) is 0 Å². The normalized spacial score (nSPS) is 12.0. The third-order valence-corrected chi connectivity index (χ3v) is 11.4. The first-order chi connectivity index (χ1) is 10.3. The quantitative estimate of drug-likeness (QED) is 0.446. The Hall–Kier alpha value is -1.16. The molecule has 3 heteroatoms. The van der Waals surface area contributed by atoms with Gasteiger partial charge in [0.05, 0.1) is 0 Å². The zero-order valence-corrected chi connectivity index (χ0v) is 14.6. The van der Waals surface area contributed by atoms with Crippen LogP contribution >= 0.6 is 33.1 Å². The van der Waals surface area contributed by atoms with Crippen LogP contribution in [0, 0.1) is 0 Å². The van der Waals surface area contributed by atoms with Gasteiger partial charge in [0.1, 0.15) is 0 Å². The van der Waals surface area contributed by atoms with Gasteiger partial charge in [0, 0.05) is 14.7 Å². The Kier molecular flexibility index (Phi) is 4.73. The maximum Gasteiger partial charge on any atom is 0.0181 e. The summed E-state index contributed by atoms with van der Waals surface area (Å²) >= 11 is 4.08. The maximum absolute atomic E-state index is 4.08. The SMILES string of the molecule is BrS(Sc1ccccc1)(c1ccccc1)c1ccccc1. The highest BCUT2D eigenvalue weighted by Crippen LogP contribution is 2.78. The number of rotatable bonds is 4. The smallest absolute Gasteiger partial charge is 0.0181 e. The van der Waals surface area contributed by atoms with Crippen molar-refractivity contribution in [3.8, 4) is 0 Å². The second-order valence-electron chi connectivity index (χ2n) is 4.51. The summed E-state index contributed by atoms with van der Waals surface area (Å²) in [5, 5.41) is 0. The van der Waals surface area contributed by atoms with Gasteiger partial charge in [-0.2, -0.15) is 0 Å². The van der Waals surface area contributed by atoms with E-state index in [0.717, 1.165) is 0 Å². The molecule has 0 bridgehead atoms. The third kappa shape index (κ3) is 3.37. The van der Waals surface area contributed by atoms with Crippen molar-refractivity contribution in [2.45, 2.75) is 14.7 Å². The van der Waals surface area contributed by atoms with Crippen molar-refractivity contribution in [3.63, 3.8) is 0 Å². The van der Waals surface area contributed by atoms with Gasteiger partial charge in [-0.1, -0.05) is 72.9 Å². The van der Waals surface area contributed by atoms with Crippen LogP contribution < -0.4 is 0 Å². The molecule has 0 amide bonds. The molecule has 0 unspecified atom stereocenters. The first-order valence-electron chi connectivity index (χ1n) is 6.67. The van der Waals surface area contributed by atoms with Crippen molar-refractivity contribution >= 4 is 33.1 Å². The summed E-state index contributed by atoms with van der Waals surface area (Å²) in [6.07, 6.45) is 0. The lowest BCUT2D eigenvalue weighted by Crippen LogP contribution is -1.90. The Bertz CT molecular complexity index is 645. The lowest BCUT2D eigenvalue weighted by Gasteiger charge is -2.33. The summed E-state index contributed by atoms with van der Waals surface area (Å²) in [6, 6.07) is 31.9. The molecule has 0 spiro atoms. The molecule has 0 aliphatic carbocycles. The van der Waals surface area contributed by atoms with Crippen LogP contribution in [-0.4, -0.2) is 0 Å². The van der Waals surface area contributed by atoms with Gasteiger partial charge in [0.25, 0.3) is 0 Å². The fraction of sp³-hybridized carbons (Fsp3) is 0. The minimum atomic E-state index is -1.32. The third-order valence-electron chi connectivity index (χ3n) is 3.05. The molecule has 0 N–H and O–H groups in total. The van der Waals surface area contributed by atoms with Crippen LogP contribution in [0.5, 0.6) is 0 Å². The van der Waals surface area contributed by atoms with Crippen LogP contribution in [0.4, 0.5) is 0 Å². The Morgan fingerprint density at radius 3 is 1.38 bits per heavy atom. The van der Waals surface area contributed by atoms with Crippen molar-refractivity contribution in [2.24, 2.45) is 0 Å². The average molecular weight is 375 g/mol. The van der Waals surface area contributed by atoms with Crippen molar-refractivity contribution in [1.29, 1.82) is 0 Å². The summed E-state index contributed by atoms with van der Waals surface area (Å²) in [6.45, 7) is 0. The zero-order valence-electron chi connectivity index (χ0n) is 11.4. The molecule has 0 nitrogen and oxygen atoms in total. The summed E-state index contributed by atoms with van der Waals surface area (Å²) in [4.78, 5) is 3.92. The standard InChI is InChI=1S/C18H15BrS2/c19-21(17-12-6-2-7-13-17,18-14-8-3-9-15-18)20-16-10-4-1-5-11-16/h1-15H. The molecular weight excluding hydrogens is 360 g/mol. The summed E-state index contributed by atoms with van der Waals surface area (Å²) in [5.41, 5.74) is 0. The van der Waals surface area contributed by atoms with Crippen LogP contribution in [0.25, 0.3) is 0 Å². The average Bonchev–Trinajstić information content (AvgIpc) is 2.57. The number of halogens is 1. The predicted octanol–water partition coefficient (Wildman–Crippen LogP) is 6.93. The molecule has 106 valence electrons. The molecule has 3 aromatic rings. The largest absolute Gasteiger partial charge is 0.0745 e. The molecule has 0 saturated carbocycles. The van der Waals surface area contributed by atoms with Crippen molar-refractivity contribution < 1.29 is 0 Å². The van der Waals surface area contributed by atoms with Crippen molar-refractivity contribution in [2.75, 3.05) is 0 Å². The molecule has 21 heavy (non-hydrogen) atoms. The molecule has 0 radical (unpaired) electrons. The molecule has 0 aliphatic heterocycles. The van der Waals surface area contributed by atoms with Gasteiger partial charge < -0.3 is 0 Å². The highest BCUT2D eigenvalue weighted by molar-refractivity contribution is 9.70.